The number of unbranched alkanes of at least 4 members (excludes halogenated alkanes) is 13. The number of rotatable bonds is 15. The van der Waals surface area contributed by atoms with E-state index in [4.69, 9.17) is 4.74 Å². The summed E-state index contributed by atoms with van der Waals surface area (Å²) in [7, 11) is 0. The van der Waals surface area contributed by atoms with Crippen LogP contribution in [0.25, 0.3) is 0 Å². The minimum Gasteiger partial charge on any atom is -0.479 e. The Morgan fingerprint density at radius 3 is 1.64 bits per heavy atom. The molecule has 22 heavy (non-hydrogen) atoms. The zero-order chi connectivity index (χ0) is 15.9. The Bertz CT molecular complexity index is 275. The van der Waals surface area contributed by atoms with Crippen molar-refractivity contribution in [2.24, 2.45) is 4.99 Å². The Morgan fingerprint density at radius 1 is 0.773 bits per heavy atom. The molecule has 1 unspecified atom stereocenters. The number of hydrogen-bond acceptors (Lipinski definition) is 2. The summed E-state index contributed by atoms with van der Waals surface area (Å²) in [5, 5.41) is 0. The number of aliphatic imine (C=N–C) groups is 1. The molecule has 0 fully saturated rings. The van der Waals surface area contributed by atoms with Crippen LogP contribution in [0.4, 0.5) is 0 Å². The molecule has 0 aromatic carbocycles. The molecule has 0 aliphatic carbocycles. The maximum atomic E-state index is 5.39. The summed E-state index contributed by atoms with van der Waals surface area (Å²) in [6.45, 7) is 5.08. The third-order valence-electron chi connectivity index (χ3n) is 4.74. The van der Waals surface area contributed by atoms with Crippen LogP contribution in [0.5, 0.6) is 0 Å². The van der Waals surface area contributed by atoms with Gasteiger partial charge in [-0.2, -0.15) is 0 Å². The molecule has 0 bridgehead atoms. The fraction of sp³-hybridized carbons (Fsp3) is 0.950. The predicted octanol–water partition coefficient (Wildman–Crippen LogP) is 6.68. The Morgan fingerprint density at radius 2 is 1.23 bits per heavy atom. The second-order valence-corrected chi connectivity index (χ2v) is 7.00. The smallest absolute Gasteiger partial charge is 0.180 e. The Hall–Kier alpha value is -0.530. The lowest BCUT2D eigenvalue weighted by Gasteiger charge is -2.05. The van der Waals surface area contributed by atoms with Crippen LogP contribution < -0.4 is 0 Å². The van der Waals surface area contributed by atoms with Crippen molar-refractivity contribution >= 4 is 5.90 Å². The van der Waals surface area contributed by atoms with Crippen LogP contribution in [0, 0.1) is 0 Å². The van der Waals surface area contributed by atoms with Gasteiger partial charge in [-0.15, -0.1) is 0 Å². The van der Waals surface area contributed by atoms with E-state index < -0.39 is 0 Å². The van der Waals surface area contributed by atoms with Crippen molar-refractivity contribution in [3.63, 3.8) is 0 Å². The highest BCUT2D eigenvalue weighted by Crippen LogP contribution is 2.15. The van der Waals surface area contributed by atoms with Crippen molar-refractivity contribution in [2.75, 3.05) is 6.61 Å². The van der Waals surface area contributed by atoms with Gasteiger partial charge in [0.15, 0.2) is 5.90 Å². The molecule has 2 nitrogen and oxygen atoms in total. The first-order chi connectivity index (χ1) is 10.8. The van der Waals surface area contributed by atoms with Crippen LogP contribution in [-0.2, 0) is 4.74 Å². The van der Waals surface area contributed by atoms with E-state index in [1.54, 1.807) is 0 Å². The summed E-state index contributed by atoms with van der Waals surface area (Å²) in [5.41, 5.74) is 0. The fourth-order valence-electron chi connectivity index (χ4n) is 3.27. The standard InChI is InChI=1S/C20H39NO/c1-3-4-5-6-7-8-9-10-11-12-13-14-15-16-17-20-18-22-19(2)21-20/h20H,3-18H2,1-2H3. The summed E-state index contributed by atoms with van der Waals surface area (Å²) in [5.74, 6) is 0.885. The molecule has 0 radical (unpaired) electrons. The van der Waals surface area contributed by atoms with E-state index in [1.165, 1.54) is 96.3 Å². The molecule has 130 valence electrons. The molecule has 0 amide bonds. The van der Waals surface area contributed by atoms with Crippen molar-refractivity contribution < 1.29 is 4.74 Å². The van der Waals surface area contributed by atoms with Crippen molar-refractivity contribution in [1.82, 2.24) is 0 Å². The lowest BCUT2D eigenvalue weighted by atomic mass is 10.0. The van der Waals surface area contributed by atoms with Gasteiger partial charge in [-0.1, -0.05) is 96.8 Å². The van der Waals surface area contributed by atoms with Gasteiger partial charge in [0.25, 0.3) is 0 Å². The van der Waals surface area contributed by atoms with E-state index in [1.807, 2.05) is 6.92 Å². The van der Waals surface area contributed by atoms with Gasteiger partial charge in [-0.25, -0.2) is 4.99 Å². The normalized spacial score (nSPS) is 17.5. The van der Waals surface area contributed by atoms with Crippen LogP contribution >= 0.6 is 0 Å². The maximum Gasteiger partial charge on any atom is 0.180 e. The van der Waals surface area contributed by atoms with E-state index in [0.29, 0.717) is 6.04 Å². The van der Waals surface area contributed by atoms with Crippen LogP contribution in [-0.4, -0.2) is 18.5 Å². The summed E-state index contributed by atoms with van der Waals surface area (Å²) in [4.78, 5) is 4.48. The summed E-state index contributed by atoms with van der Waals surface area (Å²) < 4.78 is 5.39. The van der Waals surface area contributed by atoms with Gasteiger partial charge in [0, 0.05) is 6.92 Å². The Labute approximate surface area is 139 Å². The molecule has 2 heteroatoms. The first kappa shape index (κ1) is 19.5. The van der Waals surface area contributed by atoms with Gasteiger partial charge in [0.1, 0.15) is 6.61 Å². The number of nitrogens with zero attached hydrogens (tertiary/aromatic N) is 1. The third kappa shape index (κ3) is 11.1. The highest BCUT2D eigenvalue weighted by atomic mass is 16.5. The molecule has 0 N–H and O–H groups in total. The highest BCUT2D eigenvalue weighted by molar-refractivity contribution is 5.74. The molecular weight excluding hydrogens is 270 g/mol. The lowest BCUT2D eigenvalue weighted by molar-refractivity contribution is 0.306. The summed E-state index contributed by atoms with van der Waals surface area (Å²) in [6.07, 6.45) is 21.2. The minimum atomic E-state index is 0.456. The third-order valence-corrected chi connectivity index (χ3v) is 4.74. The van der Waals surface area contributed by atoms with Gasteiger partial charge in [0.2, 0.25) is 0 Å². The fourth-order valence-corrected chi connectivity index (χ4v) is 3.27. The van der Waals surface area contributed by atoms with E-state index in [9.17, 15) is 0 Å². The van der Waals surface area contributed by atoms with Gasteiger partial charge >= 0.3 is 0 Å². The quantitative estimate of drug-likeness (QED) is 0.309. The number of ether oxygens (including phenoxy) is 1. The second-order valence-electron chi connectivity index (χ2n) is 7.00. The molecule has 0 saturated heterocycles. The highest BCUT2D eigenvalue weighted by Gasteiger charge is 2.14. The second kappa shape index (κ2) is 14.1. The van der Waals surface area contributed by atoms with E-state index in [0.717, 1.165) is 12.5 Å². The van der Waals surface area contributed by atoms with Crippen molar-refractivity contribution in [3.8, 4) is 0 Å². The molecule has 1 heterocycles. The molecular formula is C20H39NO. The molecule has 0 spiro atoms. The summed E-state index contributed by atoms with van der Waals surface area (Å²) >= 11 is 0. The van der Waals surface area contributed by atoms with Gasteiger partial charge < -0.3 is 4.74 Å². The van der Waals surface area contributed by atoms with E-state index >= 15 is 0 Å². The van der Waals surface area contributed by atoms with Crippen LogP contribution in [0.1, 0.15) is 110 Å². The van der Waals surface area contributed by atoms with Gasteiger partial charge in [-0.3, -0.25) is 0 Å². The first-order valence-electron chi connectivity index (χ1n) is 10.00. The van der Waals surface area contributed by atoms with Gasteiger partial charge in [-0.05, 0) is 6.42 Å². The molecule has 1 atom stereocenters. The zero-order valence-electron chi connectivity index (χ0n) is 15.2. The Kier molecular flexibility index (Phi) is 12.5. The zero-order valence-corrected chi connectivity index (χ0v) is 15.2. The van der Waals surface area contributed by atoms with Gasteiger partial charge in [0.05, 0.1) is 6.04 Å². The first-order valence-corrected chi connectivity index (χ1v) is 10.00. The molecule has 0 aromatic heterocycles. The van der Waals surface area contributed by atoms with E-state index in [2.05, 4.69) is 11.9 Å². The van der Waals surface area contributed by atoms with Crippen molar-refractivity contribution in [1.29, 1.82) is 0 Å². The maximum absolute atomic E-state index is 5.39. The average Bonchev–Trinajstić information content (AvgIpc) is 2.93. The van der Waals surface area contributed by atoms with Crippen LogP contribution in [0.15, 0.2) is 4.99 Å². The lowest BCUT2D eigenvalue weighted by Crippen LogP contribution is -2.05. The monoisotopic (exact) mass is 309 g/mol. The Balaban J connectivity index is 1.70. The average molecular weight is 310 g/mol. The summed E-state index contributed by atoms with van der Waals surface area (Å²) in [6, 6.07) is 0.456. The molecule has 0 saturated carbocycles. The van der Waals surface area contributed by atoms with E-state index in [-0.39, 0.29) is 0 Å². The SMILES string of the molecule is CCCCCCCCCCCCCCCCC1COC(C)=N1. The molecule has 1 rings (SSSR count). The molecule has 1 aliphatic rings. The molecule has 1 aliphatic heterocycles. The molecule has 0 aromatic rings. The largest absolute Gasteiger partial charge is 0.479 e. The topological polar surface area (TPSA) is 21.6 Å². The number of hydrogen-bond donors (Lipinski definition) is 0. The van der Waals surface area contributed by atoms with Crippen molar-refractivity contribution in [3.05, 3.63) is 0 Å². The minimum absolute atomic E-state index is 0.456. The van der Waals surface area contributed by atoms with Crippen LogP contribution in [0.3, 0.4) is 0 Å². The van der Waals surface area contributed by atoms with Crippen LogP contribution in [0.2, 0.25) is 0 Å². The predicted molar refractivity (Wildman–Crippen MR) is 97.8 cm³/mol. The van der Waals surface area contributed by atoms with Crippen molar-refractivity contribution in [2.45, 2.75) is 116 Å².